The molecule has 0 bridgehead atoms. The average Bonchev–Trinajstić information content (AvgIpc) is 3.40. The molecule has 1 heterocycles. The molecule has 39 heavy (non-hydrogen) atoms. The van der Waals surface area contributed by atoms with Crippen molar-refractivity contribution < 1.29 is 19.1 Å². The number of anilines is 1. The molecule has 9 nitrogen and oxygen atoms in total. The predicted molar refractivity (Wildman–Crippen MR) is 146 cm³/mol. The number of nitrogens with zero attached hydrogens (tertiary/aromatic N) is 4. The first-order chi connectivity index (χ1) is 19.0. The van der Waals surface area contributed by atoms with Gasteiger partial charge in [0.25, 0.3) is 11.8 Å². The lowest BCUT2D eigenvalue weighted by atomic mass is 10.1. The second kappa shape index (κ2) is 11.6. The Morgan fingerprint density at radius 2 is 1.49 bits per heavy atom. The molecular weight excluding hydrogens is 518 g/mol. The Morgan fingerprint density at radius 1 is 0.846 bits per heavy atom. The van der Waals surface area contributed by atoms with Gasteiger partial charge in [-0.15, -0.1) is 5.10 Å². The summed E-state index contributed by atoms with van der Waals surface area (Å²) < 4.78 is 6.64. The molecule has 5 aromatic rings. The van der Waals surface area contributed by atoms with Gasteiger partial charge in [-0.05, 0) is 54.1 Å². The number of carbonyl (C=O) groups excluding carboxylic acids is 3. The molecule has 0 aliphatic rings. The maximum absolute atomic E-state index is 14.2. The zero-order chi connectivity index (χ0) is 27.2. The lowest BCUT2D eigenvalue weighted by molar-refractivity contribution is -0.122. The predicted octanol–water partition coefficient (Wildman–Crippen LogP) is 5.38. The van der Waals surface area contributed by atoms with Crippen molar-refractivity contribution in [2.24, 2.45) is 0 Å². The number of carbonyl (C=O) groups is 3. The van der Waals surface area contributed by atoms with Crippen LogP contribution in [-0.2, 0) is 16.1 Å². The van der Waals surface area contributed by atoms with E-state index in [0.717, 1.165) is 10.5 Å². The summed E-state index contributed by atoms with van der Waals surface area (Å²) in [6.45, 7) is -0.0161. The minimum Gasteiger partial charge on any atom is -0.445 e. The molecule has 0 radical (unpaired) electrons. The Balaban J connectivity index is 1.52. The summed E-state index contributed by atoms with van der Waals surface area (Å²) in [6.07, 6.45) is -2.33. The smallest absolute Gasteiger partial charge is 0.409 e. The largest absolute Gasteiger partial charge is 0.445 e. The fourth-order valence-electron chi connectivity index (χ4n) is 3.95. The van der Waals surface area contributed by atoms with Crippen molar-refractivity contribution >= 4 is 46.2 Å². The Bertz CT molecular complexity index is 1610. The Hall–Kier alpha value is -5.02. The summed E-state index contributed by atoms with van der Waals surface area (Å²) in [7, 11) is 0. The fourth-order valence-corrected chi connectivity index (χ4v) is 4.07. The van der Waals surface area contributed by atoms with Gasteiger partial charge < -0.3 is 4.74 Å². The molecule has 1 unspecified atom stereocenters. The van der Waals surface area contributed by atoms with Crippen LogP contribution in [0.3, 0.4) is 0 Å². The van der Waals surface area contributed by atoms with Crippen LogP contribution in [0.25, 0.3) is 11.0 Å². The molecule has 4 aromatic carbocycles. The standard InChI is InChI=1S/C29H22ClN5O4/c30-22-17-15-21(16-18-22)27(36)34(23-11-5-2-6-12-23)28(37)26(35-25-14-8-7-13-24(25)32-33-35)31-29(38)39-19-20-9-3-1-4-10-20/h1-18,26H,19H2,(H,31,38). The number of hydrogen-bond donors (Lipinski definition) is 1. The molecule has 0 saturated heterocycles. The minimum atomic E-state index is -1.46. The van der Waals surface area contributed by atoms with Gasteiger partial charge in [0.15, 0.2) is 0 Å². The SMILES string of the molecule is O=C(NC(C(=O)N(C(=O)c1ccc(Cl)cc1)c1ccccc1)n1nnc2ccccc21)OCc1ccccc1. The lowest BCUT2D eigenvalue weighted by Gasteiger charge is -2.26. The minimum absolute atomic E-state index is 0.0161. The third-order valence-electron chi connectivity index (χ3n) is 5.85. The first kappa shape index (κ1) is 25.6. The van der Waals surface area contributed by atoms with E-state index < -0.39 is 24.1 Å². The highest BCUT2D eigenvalue weighted by Gasteiger charge is 2.35. The first-order valence-electron chi connectivity index (χ1n) is 12.0. The van der Waals surface area contributed by atoms with Crippen molar-refractivity contribution in [3.05, 3.63) is 125 Å². The highest BCUT2D eigenvalue weighted by molar-refractivity contribution is 6.31. The molecule has 0 saturated carbocycles. The molecule has 1 aromatic heterocycles. The normalized spacial score (nSPS) is 11.5. The summed E-state index contributed by atoms with van der Waals surface area (Å²) in [4.78, 5) is 41.8. The Morgan fingerprint density at radius 3 is 2.21 bits per heavy atom. The van der Waals surface area contributed by atoms with Gasteiger partial charge in [-0.25, -0.2) is 14.4 Å². The monoisotopic (exact) mass is 539 g/mol. The number of para-hydroxylation sites is 2. The van der Waals surface area contributed by atoms with E-state index in [9.17, 15) is 14.4 Å². The van der Waals surface area contributed by atoms with Crippen LogP contribution in [0, 0.1) is 0 Å². The molecule has 0 aliphatic heterocycles. The van der Waals surface area contributed by atoms with Gasteiger partial charge in [-0.2, -0.15) is 0 Å². The van der Waals surface area contributed by atoms with Gasteiger partial charge in [0.1, 0.15) is 12.1 Å². The Kier molecular flexibility index (Phi) is 7.60. The molecule has 0 fully saturated rings. The van der Waals surface area contributed by atoms with E-state index in [0.29, 0.717) is 21.7 Å². The third-order valence-corrected chi connectivity index (χ3v) is 6.10. The fraction of sp³-hybridized carbons (Fsp3) is 0.0690. The maximum Gasteiger partial charge on any atom is 0.409 e. The van der Waals surface area contributed by atoms with Crippen LogP contribution in [0.4, 0.5) is 10.5 Å². The van der Waals surface area contributed by atoms with Gasteiger partial charge in [-0.1, -0.05) is 77.5 Å². The number of halogens is 1. The molecule has 194 valence electrons. The zero-order valence-corrected chi connectivity index (χ0v) is 21.2. The average molecular weight is 540 g/mol. The van der Waals surface area contributed by atoms with E-state index in [1.807, 2.05) is 30.3 Å². The zero-order valence-electron chi connectivity index (χ0n) is 20.5. The number of aromatic nitrogens is 3. The van der Waals surface area contributed by atoms with Crippen LogP contribution in [-0.4, -0.2) is 32.9 Å². The van der Waals surface area contributed by atoms with E-state index in [1.54, 1.807) is 66.7 Å². The van der Waals surface area contributed by atoms with Gasteiger partial charge >= 0.3 is 6.09 Å². The summed E-state index contributed by atoms with van der Waals surface area (Å²) in [5.41, 5.74) is 2.28. The van der Waals surface area contributed by atoms with Crippen molar-refractivity contribution in [2.45, 2.75) is 12.8 Å². The number of fused-ring (bicyclic) bond motifs is 1. The van der Waals surface area contributed by atoms with Crippen molar-refractivity contribution in [3.8, 4) is 0 Å². The molecule has 5 rings (SSSR count). The number of hydrogen-bond acceptors (Lipinski definition) is 6. The number of alkyl carbamates (subject to hydrolysis) is 1. The van der Waals surface area contributed by atoms with E-state index in [4.69, 9.17) is 16.3 Å². The van der Waals surface area contributed by atoms with Crippen LogP contribution in [0.15, 0.2) is 109 Å². The highest BCUT2D eigenvalue weighted by Crippen LogP contribution is 2.24. The summed E-state index contributed by atoms with van der Waals surface area (Å²) in [6, 6.07) is 30.7. The van der Waals surface area contributed by atoms with Crippen LogP contribution in [0.5, 0.6) is 0 Å². The van der Waals surface area contributed by atoms with E-state index >= 15 is 0 Å². The van der Waals surface area contributed by atoms with Crippen molar-refractivity contribution in [1.29, 1.82) is 0 Å². The number of rotatable bonds is 7. The summed E-state index contributed by atoms with van der Waals surface area (Å²) >= 11 is 6.01. The number of benzene rings is 4. The molecule has 0 aliphatic carbocycles. The number of nitrogens with one attached hydrogen (secondary N) is 1. The summed E-state index contributed by atoms with van der Waals surface area (Å²) in [5.74, 6) is -1.38. The van der Waals surface area contributed by atoms with Crippen molar-refractivity contribution in [1.82, 2.24) is 20.3 Å². The summed E-state index contributed by atoms with van der Waals surface area (Å²) in [5, 5.41) is 11.3. The van der Waals surface area contributed by atoms with E-state index in [1.165, 1.54) is 16.8 Å². The topological polar surface area (TPSA) is 106 Å². The molecule has 3 amide bonds. The van der Waals surface area contributed by atoms with Crippen molar-refractivity contribution in [2.75, 3.05) is 4.90 Å². The Labute approximate surface area is 228 Å². The highest BCUT2D eigenvalue weighted by atomic mass is 35.5. The molecular formula is C29H22ClN5O4. The van der Waals surface area contributed by atoms with E-state index in [-0.39, 0.29) is 12.2 Å². The second-order valence-electron chi connectivity index (χ2n) is 8.45. The maximum atomic E-state index is 14.2. The molecule has 10 heteroatoms. The lowest BCUT2D eigenvalue weighted by Crippen LogP contribution is -2.48. The number of ether oxygens (including phenoxy) is 1. The van der Waals surface area contributed by atoms with Crippen LogP contribution < -0.4 is 10.2 Å². The van der Waals surface area contributed by atoms with Gasteiger partial charge in [0.2, 0.25) is 6.17 Å². The van der Waals surface area contributed by atoms with Gasteiger partial charge in [0.05, 0.1) is 11.2 Å². The molecule has 1 N–H and O–H groups in total. The number of imide groups is 1. The van der Waals surface area contributed by atoms with Crippen molar-refractivity contribution in [3.63, 3.8) is 0 Å². The van der Waals surface area contributed by atoms with Gasteiger partial charge in [-0.3, -0.25) is 14.9 Å². The van der Waals surface area contributed by atoms with E-state index in [2.05, 4.69) is 15.6 Å². The van der Waals surface area contributed by atoms with Gasteiger partial charge in [0, 0.05) is 10.6 Å². The molecule has 1 atom stereocenters. The molecule has 0 spiro atoms. The van der Waals surface area contributed by atoms with Crippen LogP contribution >= 0.6 is 11.6 Å². The third kappa shape index (κ3) is 5.78. The second-order valence-corrected chi connectivity index (χ2v) is 8.89. The quantitative estimate of drug-likeness (QED) is 0.297. The van der Waals surface area contributed by atoms with Crippen LogP contribution in [0.1, 0.15) is 22.1 Å². The van der Waals surface area contributed by atoms with Crippen LogP contribution in [0.2, 0.25) is 5.02 Å². The number of amides is 3. The first-order valence-corrected chi connectivity index (χ1v) is 12.3.